The van der Waals surface area contributed by atoms with Gasteiger partial charge in [0.15, 0.2) is 10.8 Å². The molecular weight excluding hydrogens is 439 g/mol. The zero-order valence-electron chi connectivity index (χ0n) is 18.6. The fourth-order valence-electron chi connectivity index (χ4n) is 4.16. The lowest BCUT2D eigenvalue weighted by atomic mass is 9.96. The van der Waals surface area contributed by atoms with Crippen molar-refractivity contribution in [1.29, 1.82) is 0 Å². The summed E-state index contributed by atoms with van der Waals surface area (Å²) in [7, 11) is 0. The Morgan fingerprint density at radius 1 is 1.12 bits per heavy atom. The molecule has 0 saturated carbocycles. The highest BCUT2D eigenvalue weighted by Gasteiger charge is 2.26. The Bertz CT molecular complexity index is 1270. The van der Waals surface area contributed by atoms with Gasteiger partial charge in [0.25, 0.3) is 0 Å². The summed E-state index contributed by atoms with van der Waals surface area (Å²) >= 11 is 1.57. The number of carbonyl (C=O) groups is 1. The first-order chi connectivity index (χ1) is 16.0. The number of aryl methyl sites for hydroxylation is 2. The van der Waals surface area contributed by atoms with Gasteiger partial charge in [-0.3, -0.25) is 9.20 Å². The molecule has 9 heteroatoms. The number of nitrogens with zero attached hydrogens (tertiary/aromatic N) is 5. The minimum atomic E-state index is -0.261. The van der Waals surface area contributed by atoms with Crippen LogP contribution < -0.4 is 10.2 Å². The summed E-state index contributed by atoms with van der Waals surface area (Å²) in [6, 6.07) is 10.3. The van der Waals surface area contributed by atoms with Crippen molar-refractivity contribution in [2.75, 3.05) is 18.0 Å². The second-order valence-electron chi connectivity index (χ2n) is 8.41. The van der Waals surface area contributed by atoms with Crippen LogP contribution in [0.15, 0.2) is 42.6 Å². The molecule has 1 amide bonds. The molecule has 7 nitrogen and oxygen atoms in total. The van der Waals surface area contributed by atoms with Crippen LogP contribution in [0.2, 0.25) is 0 Å². The number of halogens is 1. The predicted molar refractivity (Wildman–Crippen MR) is 127 cm³/mol. The Kier molecular flexibility index (Phi) is 5.80. The molecule has 1 fully saturated rings. The molecule has 5 rings (SSSR count). The van der Waals surface area contributed by atoms with Gasteiger partial charge in [0.05, 0.1) is 17.9 Å². The second kappa shape index (κ2) is 8.90. The van der Waals surface area contributed by atoms with E-state index in [1.165, 1.54) is 12.1 Å². The lowest BCUT2D eigenvalue weighted by molar-refractivity contribution is -0.125. The maximum Gasteiger partial charge on any atom is 0.223 e. The van der Waals surface area contributed by atoms with Crippen LogP contribution >= 0.6 is 11.3 Å². The van der Waals surface area contributed by atoms with Gasteiger partial charge in [-0.1, -0.05) is 11.3 Å². The van der Waals surface area contributed by atoms with Gasteiger partial charge in [0, 0.05) is 41.3 Å². The quantitative estimate of drug-likeness (QED) is 0.480. The Balaban J connectivity index is 1.19. The van der Waals surface area contributed by atoms with Crippen LogP contribution in [-0.4, -0.2) is 38.6 Å². The average molecular weight is 465 g/mol. The van der Waals surface area contributed by atoms with E-state index in [1.54, 1.807) is 23.5 Å². The summed E-state index contributed by atoms with van der Waals surface area (Å²) in [5, 5.41) is 11.5. The predicted octanol–water partition coefficient (Wildman–Crippen LogP) is 4.14. The second-order valence-corrected chi connectivity index (χ2v) is 9.47. The smallest absolute Gasteiger partial charge is 0.223 e. The maximum absolute atomic E-state index is 13.2. The molecule has 0 aliphatic carbocycles. The number of benzene rings is 1. The topological polar surface area (TPSA) is 75.4 Å². The highest BCUT2D eigenvalue weighted by Crippen LogP contribution is 2.28. The van der Waals surface area contributed by atoms with E-state index in [0.29, 0.717) is 6.54 Å². The lowest BCUT2D eigenvalue weighted by Crippen LogP contribution is -2.40. The summed E-state index contributed by atoms with van der Waals surface area (Å²) in [6.07, 6.45) is 3.56. The molecule has 4 heterocycles. The van der Waals surface area contributed by atoms with E-state index in [0.717, 1.165) is 64.2 Å². The van der Waals surface area contributed by atoms with Gasteiger partial charge >= 0.3 is 0 Å². The Morgan fingerprint density at radius 3 is 2.55 bits per heavy atom. The summed E-state index contributed by atoms with van der Waals surface area (Å²) < 4.78 is 15.2. The van der Waals surface area contributed by atoms with Crippen molar-refractivity contribution in [1.82, 2.24) is 24.9 Å². The highest BCUT2D eigenvalue weighted by molar-refractivity contribution is 7.17. The van der Waals surface area contributed by atoms with Gasteiger partial charge in [-0.05, 0) is 63.1 Å². The molecule has 1 aliphatic rings. The number of nitrogens with one attached hydrogen (secondary N) is 1. The van der Waals surface area contributed by atoms with Gasteiger partial charge in [-0.25, -0.2) is 9.37 Å². The minimum absolute atomic E-state index is 0.00841. The number of piperidine rings is 1. The monoisotopic (exact) mass is 464 g/mol. The van der Waals surface area contributed by atoms with Crippen LogP contribution in [0.4, 0.5) is 10.2 Å². The van der Waals surface area contributed by atoms with Gasteiger partial charge in [0.1, 0.15) is 5.82 Å². The standard InChI is InChI=1S/C24H25FN6OS/c1-15-3-8-22(29-28-15)30-11-9-18(10-12-30)23(32)26-13-21-16(2)31-14-20(27-24(31)33-21)17-4-6-19(25)7-5-17/h3-8,14,18H,9-13H2,1-2H3,(H,26,32). The molecule has 170 valence electrons. The molecule has 3 aromatic heterocycles. The molecule has 1 N–H and O–H groups in total. The molecule has 1 saturated heterocycles. The third kappa shape index (κ3) is 4.45. The summed E-state index contributed by atoms with van der Waals surface area (Å²) in [5.41, 5.74) is 3.65. The van der Waals surface area contributed by atoms with Gasteiger partial charge < -0.3 is 10.2 Å². The first-order valence-electron chi connectivity index (χ1n) is 11.0. The Hall–Kier alpha value is -3.33. The third-order valence-electron chi connectivity index (χ3n) is 6.19. The molecule has 0 spiro atoms. The normalized spacial score (nSPS) is 14.7. The van der Waals surface area contributed by atoms with E-state index in [2.05, 4.69) is 25.4 Å². The molecule has 4 aromatic rings. The molecule has 1 aliphatic heterocycles. The van der Waals surface area contributed by atoms with Crippen molar-refractivity contribution in [2.24, 2.45) is 5.92 Å². The van der Waals surface area contributed by atoms with E-state index in [-0.39, 0.29) is 17.6 Å². The van der Waals surface area contributed by atoms with E-state index < -0.39 is 0 Å². The van der Waals surface area contributed by atoms with Crippen molar-refractivity contribution in [3.05, 3.63) is 64.7 Å². The van der Waals surface area contributed by atoms with Crippen LogP contribution in [0.5, 0.6) is 0 Å². The Morgan fingerprint density at radius 2 is 1.88 bits per heavy atom. The molecule has 1 aromatic carbocycles. The SMILES string of the molecule is Cc1ccc(N2CCC(C(=O)NCc3sc4nc(-c5ccc(F)cc5)cn4c3C)CC2)nn1. The number of fused-ring (bicyclic) bond motifs is 1. The summed E-state index contributed by atoms with van der Waals surface area (Å²) in [6.45, 7) is 6.04. The number of anilines is 1. The van der Waals surface area contributed by atoms with Crippen molar-refractivity contribution in [3.8, 4) is 11.3 Å². The number of thiazole rings is 1. The average Bonchev–Trinajstić information content (AvgIpc) is 3.38. The summed E-state index contributed by atoms with van der Waals surface area (Å²) in [4.78, 5) is 21.6. The first-order valence-corrected chi connectivity index (χ1v) is 11.9. The first kappa shape index (κ1) is 21.5. The van der Waals surface area contributed by atoms with Crippen molar-refractivity contribution in [2.45, 2.75) is 33.2 Å². The fraction of sp³-hybridized carbons (Fsp3) is 0.333. The van der Waals surface area contributed by atoms with Crippen molar-refractivity contribution >= 4 is 28.0 Å². The number of carbonyl (C=O) groups excluding carboxylic acids is 1. The highest BCUT2D eigenvalue weighted by atomic mass is 32.1. The molecular formula is C24H25FN6OS. The summed E-state index contributed by atoms with van der Waals surface area (Å²) in [5.74, 6) is 0.719. The van der Waals surface area contributed by atoms with Crippen molar-refractivity contribution in [3.63, 3.8) is 0 Å². The zero-order valence-corrected chi connectivity index (χ0v) is 19.4. The van der Waals surface area contributed by atoms with Crippen molar-refractivity contribution < 1.29 is 9.18 Å². The molecule has 0 bridgehead atoms. The largest absolute Gasteiger partial charge is 0.355 e. The van der Waals surface area contributed by atoms with Crippen LogP contribution in [0.25, 0.3) is 16.2 Å². The minimum Gasteiger partial charge on any atom is -0.355 e. The molecule has 0 unspecified atom stereocenters. The number of hydrogen-bond acceptors (Lipinski definition) is 6. The van der Waals surface area contributed by atoms with E-state index in [9.17, 15) is 9.18 Å². The number of aromatic nitrogens is 4. The molecule has 33 heavy (non-hydrogen) atoms. The fourth-order valence-corrected chi connectivity index (χ4v) is 5.20. The number of imidazole rings is 1. The third-order valence-corrected chi connectivity index (χ3v) is 7.35. The van der Waals surface area contributed by atoms with Crippen LogP contribution in [0, 0.1) is 25.6 Å². The lowest BCUT2D eigenvalue weighted by Gasteiger charge is -2.31. The van der Waals surface area contributed by atoms with E-state index >= 15 is 0 Å². The van der Waals surface area contributed by atoms with Crippen LogP contribution in [0.3, 0.4) is 0 Å². The number of amides is 1. The van der Waals surface area contributed by atoms with Gasteiger partial charge in [-0.2, -0.15) is 5.10 Å². The van der Waals surface area contributed by atoms with Gasteiger partial charge in [-0.15, -0.1) is 5.10 Å². The van der Waals surface area contributed by atoms with Crippen LogP contribution in [0.1, 0.15) is 29.1 Å². The number of rotatable bonds is 5. The molecule has 0 radical (unpaired) electrons. The Labute approximate surface area is 195 Å². The van der Waals surface area contributed by atoms with Crippen LogP contribution in [-0.2, 0) is 11.3 Å². The van der Waals surface area contributed by atoms with E-state index in [4.69, 9.17) is 0 Å². The molecule has 0 atom stereocenters. The van der Waals surface area contributed by atoms with E-state index in [1.807, 2.05) is 36.6 Å². The number of hydrogen-bond donors (Lipinski definition) is 1. The zero-order chi connectivity index (χ0) is 22.9. The maximum atomic E-state index is 13.2. The van der Waals surface area contributed by atoms with Gasteiger partial charge in [0.2, 0.25) is 5.91 Å².